The molecule has 1 atom stereocenters. The van der Waals surface area contributed by atoms with Crippen molar-refractivity contribution in [2.75, 3.05) is 0 Å². The Balaban J connectivity index is 1.49. The van der Waals surface area contributed by atoms with Crippen LogP contribution in [0.25, 0.3) is 10.9 Å². The fourth-order valence-electron chi connectivity index (χ4n) is 5.37. The van der Waals surface area contributed by atoms with Crippen LogP contribution in [0.1, 0.15) is 58.6 Å². The quantitative estimate of drug-likeness (QED) is 0.250. The lowest BCUT2D eigenvalue weighted by molar-refractivity contribution is 0.160. The van der Waals surface area contributed by atoms with Crippen LogP contribution in [-0.2, 0) is 26.1 Å². The number of hydrogen-bond donors (Lipinski definition) is 1. The minimum absolute atomic E-state index is 0.0538. The first-order valence-electron chi connectivity index (χ1n) is 13.6. The zero-order valence-corrected chi connectivity index (χ0v) is 23.2. The lowest BCUT2D eigenvalue weighted by atomic mass is 10.0. The number of pyridine rings is 1. The van der Waals surface area contributed by atoms with Crippen LogP contribution in [0.2, 0.25) is 0 Å². The second-order valence-corrected chi connectivity index (χ2v) is 10.5. The van der Waals surface area contributed by atoms with E-state index < -0.39 is 0 Å². The Morgan fingerprint density at radius 3 is 2.41 bits per heavy atom. The van der Waals surface area contributed by atoms with Gasteiger partial charge in [0.25, 0.3) is 5.56 Å². The molecular formula is C32H36N6O. The molecule has 0 bridgehead atoms. The summed E-state index contributed by atoms with van der Waals surface area (Å²) in [7, 11) is 0. The lowest BCUT2D eigenvalue weighted by Crippen LogP contribution is -2.32. The van der Waals surface area contributed by atoms with Gasteiger partial charge >= 0.3 is 0 Å². The van der Waals surface area contributed by atoms with E-state index in [1.54, 1.807) is 0 Å². The number of benzene rings is 3. The van der Waals surface area contributed by atoms with Crippen LogP contribution in [0, 0.1) is 20.8 Å². The monoisotopic (exact) mass is 520 g/mol. The van der Waals surface area contributed by atoms with Crippen molar-refractivity contribution in [3.63, 3.8) is 0 Å². The molecule has 0 aliphatic carbocycles. The van der Waals surface area contributed by atoms with Gasteiger partial charge in [0.2, 0.25) is 0 Å². The minimum atomic E-state index is -0.0635. The molecule has 2 aromatic heterocycles. The smallest absolute Gasteiger partial charge is 0.252 e. The number of tetrazole rings is 1. The van der Waals surface area contributed by atoms with E-state index in [1.807, 2.05) is 23.7 Å². The van der Waals surface area contributed by atoms with Gasteiger partial charge in [-0.1, -0.05) is 78.7 Å². The molecular weight excluding hydrogens is 484 g/mol. The van der Waals surface area contributed by atoms with E-state index >= 15 is 0 Å². The lowest BCUT2D eigenvalue weighted by Gasteiger charge is -2.30. The van der Waals surface area contributed by atoms with Crippen molar-refractivity contribution in [2.24, 2.45) is 0 Å². The van der Waals surface area contributed by atoms with Crippen LogP contribution in [0.4, 0.5) is 0 Å². The molecule has 1 N–H and O–H groups in total. The summed E-state index contributed by atoms with van der Waals surface area (Å²) in [6.45, 7) is 10.2. The number of hydrogen-bond acceptors (Lipinski definition) is 5. The van der Waals surface area contributed by atoms with Crippen molar-refractivity contribution in [1.29, 1.82) is 0 Å². The van der Waals surface area contributed by atoms with Crippen molar-refractivity contribution < 1.29 is 0 Å². The maximum atomic E-state index is 13.3. The number of aromatic amines is 1. The van der Waals surface area contributed by atoms with Crippen LogP contribution in [-0.4, -0.2) is 30.1 Å². The van der Waals surface area contributed by atoms with Crippen LogP contribution in [0.15, 0.2) is 77.6 Å². The van der Waals surface area contributed by atoms with Crippen LogP contribution >= 0.6 is 0 Å². The van der Waals surface area contributed by atoms with Crippen LogP contribution in [0.5, 0.6) is 0 Å². The summed E-state index contributed by atoms with van der Waals surface area (Å²) in [5.41, 5.74) is 7.49. The molecule has 5 rings (SSSR count). The number of rotatable bonds is 10. The summed E-state index contributed by atoms with van der Waals surface area (Å²) in [5.74, 6) is 0.824. The minimum Gasteiger partial charge on any atom is -0.321 e. The number of fused-ring (bicyclic) bond motifs is 1. The Hall–Kier alpha value is -4.10. The standard InChI is InChI=1S/C32H36N6O/c1-5-29(31-34-35-36-38(31)16-15-25-9-7-6-8-10-25)37(20-26-13-11-22(2)12-14-26)21-28-19-27-18-23(3)17-24(4)30(27)33-32(28)39/h6-14,17-19,29H,5,15-16,20-21H2,1-4H3,(H,33,39). The second-order valence-electron chi connectivity index (χ2n) is 10.5. The van der Waals surface area contributed by atoms with Crippen molar-refractivity contribution in [1.82, 2.24) is 30.1 Å². The SMILES string of the molecule is CCC(c1nnnn1CCc1ccccc1)N(Cc1ccc(C)cc1)Cc1cc2cc(C)cc(C)c2[nH]c1=O. The molecule has 2 heterocycles. The van der Waals surface area contributed by atoms with Gasteiger partial charge in [-0.2, -0.15) is 0 Å². The summed E-state index contributed by atoms with van der Waals surface area (Å²) in [4.78, 5) is 18.8. The van der Waals surface area contributed by atoms with Gasteiger partial charge in [0.15, 0.2) is 5.82 Å². The maximum absolute atomic E-state index is 13.3. The van der Waals surface area contributed by atoms with Crippen LogP contribution < -0.4 is 5.56 Å². The third kappa shape index (κ3) is 6.15. The van der Waals surface area contributed by atoms with Gasteiger partial charge in [0, 0.05) is 25.2 Å². The number of nitrogens with one attached hydrogen (secondary N) is 1. The molecule has 0 saturated heterocycles. The highest BCUT2D eigenvalue weighted by Crippen LogP contribution is 2.27. The van der Waals surface area contributed by atoms with E-state index in [0.717, 1.165) is 40.7 Å². The summed E-state index contributed by atoms with van der Waals surface area (Å²) >= 11 is 0. The largest absolute Gasteiger partial charge is 0.321 e. The zero-order chi connectivity index (χ0) is 27.4. The predicted octanol–water partition coefficient (Wildman–Crippen LogP) is 5.84. The highest BCUT2D eigenvalue weighted by molar-refractivity contribution is 5.82. The normalized spacial score (nSPS) is 12.3. The molecule has 0 fully saturated rings. The Labute approximate surface area is 229 Å². The number of H-pyrrole nitrogens is 1. The first-order valence-corrected chi connectivity index (χ1v) is 13.6. The van der Waals surface area contributed by atoms with Gasteiger partial charge in [-0.25, -0.2) is 4.68 Å². The van der Waals surface area contributed by atoms with Gasteiger partial charge < -0.3 is 4.98 Å². The third-order valence-corrected chi connectivity index (χ3v) is 7.39. The molecule has 0 saturated carbocycles. The number of nitrogens with zero attached hydrogens (tertiary/aromatic N) is 5. The molecule has 1 unspecified atom stereocenters. The molecule has 0 amide bonds. The summed E-state index contributed by atoms with van der Waals surface area (Å²) < 4.78 is 1.92. The average molecular weight is 521 g/mol. The average Bonchev–Trinajstić information content (AvgIpc) is 3.39. The molecule has 3 aromatic carbocycles. The van der Waals surface area contributed by atoms with Gasteiger partial charge in [-0.15, -0.1) is 5.10 Å². The van der Waals surface area contributed by atoms with E-state index in [0.29, 0.717) is 19.6 Å². The number of aromatic nitrogens is 5. The molecule has 7 heteroatoms. The van der Waals surface area contributed by atoms with Crippen molar-refractivity contribution >= 4 is 10.9 Å². The number of aryl methyl sites for hydroxylation is 5. The van der Waals surface area contributed by atoms with Gasteiger partial charge in [-0.05, 0) is 78.2 Å². The molecule has 200 valence electrons. The Bertz CT molecular complexity index is 1600. The zero-order valence-electron chi connectivity index (χ0n) is 23.2. The predicted molar refractivity (Wildman–Crippen MR) is 155 cm³/mol. The van der Waals surface area contributed by atoms with E-state index in [9.17, 15) is 4.79 Å². The Morgan fingerprint density at radius 1 is 0.897 bits per heavy atom. The third-order valence-electron chi connectivity index (χ3n) is 7.39. The van der Waals surface area contributed by atoms with Gasteiger partial charge in [0.05, 0.1) is 11.6 Å². The highest BCUT2D eigenvalue weighted by Gasteiger charge is 2.26. The van der Waals surface area contributed by atoms with E-state index in [-0.39, 0.29) is 11.6 Å². The highest BCUT2D eigenvalue weighted by atomic mass is 16.1. The molecule has 7 nitrogen and oxygen atoms in total. The second kappa shape index (κ2) is 11.7. The van der Waals surface area contributed by atoms with Crippen molar-refractivity contribution in [2.45, 2.75) is 66.2 Å². The fraction of sp³-hybridized carbons (Fsp3) is 0.312. The molecule has 0 aliphatic heterocycles. The molecule has 39 heavy (non-hydrogen) atoms. The summed E-state index contributed by atoms with van der Waals surface area (Å²) in [5, 5.41) is 13.9. The molecule has 0 radical (unpaired) electrons. The first kappa shape index (κ1) is 26.5. The van der Waals surface area contributed by atoms with Crippen molar-refractivity contribution in [3.8, 4) is 0 Å². The van der Waals surface area contributed by atoms with Gasteiger partial charge in [-0.3, -0.25) is 9.69 Å². The van der Waals surface area contributed by atoms with Gasteiger partial charge in [0.1, 0.15) is 0 Å². The molecule has 5 aromatic rings. The molecule has 0 spiro atoms. The molecule has 0 aliphatic rings. The van der Waals surface area contributed by atoms with E-state index in [1.165, 1.54) is 22.3 Å². The first-order chi connectivity index (χ1) is 18.9. The topological polar surface area (TPSA) is 79.7 Å². The fourth-order valence-corrected chi connectivity index (χ4v) is 5.37. The van der Waals surface area contributed by atoms with E-state index in [2.05, 4.69) is 107 Å². The summed E-state index contributed by atoms with van der Waals surface area (Å²) in [6, 6.07) is 25.2. The Kier molecular flexibility index (Phi) is 7.98. The maximum Gasteiger partial charge on any atom is 0.252 e. The van der Waals surface area contributed by atoms with Crippen LogP contribution in [0.3, 0.4) is 0 Å². The Morgan fingerprint density at radius 2 is 1.67 bits per heavy atom. The van der Waals surface area contributed by atoms with E-state index in [4.69, 9.17) is 0 Å². The van der Waals surface area contributed by atoms with Crippen molar-refractivity contribution in [3.05, 3.63) is 122 Å². The summed E-state index contributed by atoms with van der Waals surface area (Å²) in [6.07, 6.45) is 1.65.